The second-order valence-electron chi connectivity index (χ2n) is 7.88. The van der Waals surface area contributed by atoms with E-state index in [2.05, 4.69) is 29.0 Å². The highest BCUT2D eigenvalue weighted by Crippen LogP contribution is 2.24. The first-order chi connectivity index (χ1) is 15.0. The lowest BCUT2D eigenvalue weighted by Gasteiger charge is -2.17. The van der Waals surface area contributed by atoms with E-state index in [0.29, 0.717) is 23.1 Å². The molecule has 3 rings (SSSR count). The molecule has 170 valence electrons. The van der Waals surface area contributed by atoms with Crippen LogP contribution in [0.1, 0.15) is 43.6 Å². The Morgan fingerprint density at radius 2 is 1.72 bits per heavy atom. The maximum atomic E-state index is 12.5. The summed E-state index contributed by atoms with van der Waals surface area (Å²) in [5.41, 5.74) is 2.79. The van der Waals surface area contributed by atoms with Crippen LogP contribution in [0.15, 0.2) is 57.9 Å². The number of rotatable bonds is 8. The number of sulfonamides is 1. The second-order valence-corrected chi connectivity index (χ2v) is 9.56. The third kappa shape index (κ3) is 5.67. The number of nitrogens with one attached hydrogen (secondary N) is 2. The molecule has 0 aliphatic rings. The molecule has 9 heteroatoms. The Morgan fingerprint density at radius 1 is 1.03 bits per heavy atom. The van der Waals surface area contributed by atoms with Crippen LogP contribution in [0.3, 0.4) is 0 Å². The molecule has 0 aliphatic heterocycles. The standard InChI is InChI=1S/C23H27N3O5S/c1-14(2)21-11-8-19(12-15(21)3)30-17(5)23(27)24-18-6-9-20(10-7-18)32(28,29)26-22-13-16(4)31-25-22/h6-14,17H,1-5H3,(H,24,27)(H,25,26). The highest BCUT2D eigenvalue weighted by atomic mass is 32.2. The predicted molar refractivity (Wildman–Crippen MR) is 122 cm³/mol. The molecule has 0 spiro atoms. The Bertz CT molecular complexity index is 1200. The van der Waals surface area contributed by atoms with Gasteiger partial charge >= 0.3 is 0 Å². The summed E-state index contributed by atoms with van der Waals surface area (Å²) in [6.07, 6.45) is -0.736. The number of carbonyl (C=O) groups is 1. The molecule has 0 aliphatic carbocycles. The Labute approximate surface area is 188 Å². The summed E-state index contributed by atoms with van der Waals surface area (Å²) in [6, 6.07) is 13.1. The third-order valence-corrected chi connectivity index (χ3v) is 6.22. The Morgan fingerprint density at radius 3 is 2.28 bits per heavy atom. The molecule has 1 amide bonds. The number of hydrogen-bond acceptors (Lipinski definition) is 6. The molecule has 2 N–H and O–H groups in total. The van der Waals surface area contributed by atoms with Crippen molar-refractivity contribution in [2.24, 2.45) is 0 Å². The van der Waals surface area contributed by atoms with Crippen LogP contribution in [0.4, 0.5) is 11.5 Å². The van der Waals surface area contributed by atoms with E-state index in [9.17, 15) is 13.2 Å². The second kappa shape index (κ2) is 9.44. The van der Waals surface area contributed by atoms with Gasteiger partial charge in [0.05, 0.1) is 4.90 Å². The molecule has 1 aromatic heterocycles. The minimum atomic E-state index is -3.83. The van der Waals surface area contributed by atoms with Gasteiger partial charge in [-0.15, -0.1) is 0 Å². The number of hydrogen-bond donors (Lipinski definition) is 2. The highest BCUT2D eigenvalue weighted by molar-refractivity contribution is 7.92. The van der Waals surface area contributed by atoms with E-state index in [4.69, 9.17) is 9.26 Å². The Balaban J connectivity index is 1.62. The van der Waals surface area contributed by atoms with Crippen LogP contribution in [-0.4, -0.2) is 25.6 Å². The van der Waals surface area contributed by atoms with Gasteiger partial charge in [-0.05, 0) is 74.2 Å². The van der Waals surface area contributed by atoms with Gasteiger partial charge < -0.3 is 14.6 Å². The van der Waals surface area contributed by atoms with Gasteiger partial charge in [-0.3, -0.25) is 9.52 Å². The summed E-state index contributed by atoms with van der Waals surface area (Å²) in [6.45, 7) is 9.58. The number of aryl methyl sites for hydroxylation is 2. The average Bonchev–Trinajstić information content (AvgIpc) is 3.12. The smallest absolute Gasteiger partial charge is 0.265 e. The van der Waals surface area contributed by atoms with Crippen molar-refractivity contribution in [2.45, 2.75) is 51.5 Å². The molecule has 0 saturated carbocycles. The van der Waals surface area contributed by atoms with E-state index < -0.39 is 16.1 Å². The lowest BCUT2D eigenvalue weighted by atomic mass is 9.98. The lowest BCUT2D eigenvalue weighted by Crippen LogP contribution is -2.30. The van der Waals surface area contributed by atoms with Gasteiger partial charge in [-0.1, -0.05) is 25.1 Å². The third-order valence-electron chi connectivity index (χ3n) is 4.84. The fourth-order valence-corrected chi connectivity index (χ4v) is 4.18. The number of benzene rings is 2. The topological polar surface area (TPSA) is 111 Å². The first-order valence-corrected chi connectivity index (χ1v) is 11.7. The van der Waals surface area contributed by atoms with Gasteiger partial charge in [0, 0.05) is 11.8 Å². The van der Waals surface area contributed by atoms with Crippen molar-refractivity contribution >= 4 is 27.4 Å². The van der Waals surface area contributed by atoms with E-state index in [-0.39, 0.29) is 16.6 Å². The maximum Gasteiger partial charge on any atom is 0.265 e. The molecule has 0 saturated heterocycles. The quantitative estimate of drug-likeness (QED) is 0.511. The van der Waals surface area contributed by atoms with Gasteiger partial charge in [-0.25, -0.2) is 8.42 Å². The van der Waals surface area contributed by atoms with Gasteiger partial charge in [0.2, 0.25) is 0 Å². The molecule has 1 heterocycles. The van der Waals surface area contributed by atoms with Crippen LogP contribution in [0, 0.1) is 13.8 Å². The molecule has 32 heavy (non-hydrogen) atoms. The molecule has 0 bridgehead atoms. The zero-order valence-electron chi connectivity index (χ0n) is 18.7. The Hall–Kier alpha value is -3.33. The number of anilines is 2. The zero-order valence-corrected chi connectivity index (χ0v) is 19.5. The molecule has 1 unspecified atom stereocenters. The number of nitrogens with zero attached hydrogens (tertiary/aromatic N) is 1. The first-order valence-electron chi connectivity index (χ1n) is 10.2. The van der Waals surface area contributed by atoms with Crippen molar-refractivity contribution in [2.75, 3.05) is 10.0 Å². The number of carbonyl (C=O) groups excluding carboxylic acids is 1. The molecular weight excluding hydrogens is 430 g/mol. The minimum absolute atomic E-state index is 0.0289. The van der Waals surface area contributed by atoms with Crippen LogP contribution >= 0.6 is 0 Å². The fraction of sp³-hybridized carbons (Fsp3) is 0.304. The minimum Gasteiger partial charge on any atom is -0.481 e. The van der Waals surface area contributed by atoms with E-state index in [1.165, 1.54) is 35.9 Å². The summed E-state index contributed by atoms with van der Waals surface area (Å²) in [5, 5.41) is 6.35. The van der Waals surface area contributed by atoms with Crippen molar-refractivity contribution in [3.63, 3.8) is 0 Å². The van der Waals surface area contributed by atoms with Crippen molar-refractivity contribution in [3.05, 3.63) is 65.4 Å². The molecule has 3 aromatic rings. The van der Waals surface area contributed by atoms with E-state index in [0.717, 1.165) is 5.56 Å². The van der Waals surface area contributed by atoms with Gasteiger partial charge in [0.1, 0.15) is 11.5 Å². The SMILES string of the molecule is Cc1cc(NS(=O)(=O)c2ccc(NC(=O)C(C)Oc3ccc(C(C)C)c(C)c3)cc2)no1. The predicted octanol–water partition coefficient (Wildman–Crippen LogP) is 4.62. The monoisotopic (exact) mass is 457 g/mol. The van der Waals surface area contributed by atoms with Crippen molar-refractivity contribution < 1.29 is 22.5 Å². The molecule has 0 fully saturated rings. The normalized spacial score (nSPS) is 12.4. The summed E-state index contributed by atoms with van der Waals surface area (Å²) < 4.78 is 37.9. The average molecular weight is 458 g/mol. The Kier molecular flexibility index (Phi) is 6.88. The van der Waals surface area contributed by atoms with Crippen LogP contribution < -0.4 is 14.8 Å². The van der Waals surface area contributed by atoms with Crippen molar-refractivity contribution in [3.8, 4) is 5.75 Å². The van der Waals surface area contributed by atoms with E-state index in [1.54, 1.807) is 13.8 Å². The summed E-state index contributed by atoms with van der Waals surface area (Å²) in [5.74, 6) is 1.27. The van der Waals surface area contributed by atoms with Crippen molar-refractivity contribution in [1.29, 1.82) is 0 Å². The lowest BCUT2D eigenvalue weighted by molar-refractivity contribution is -0.122. The van der Waals surface area contributed by atoms with Gasteiger partial charge in [0.15, 0.2) is 11.9 Å². The summed E-state index contributed by atoms with van der Waals surface area (Å²) in [4.78, 5) is 12.5. The van der Waals surface area contributed by atoms with Gasteiger partial charge in [-0.2, -0.15) is 0 Å². The van der Waals surface area contributed by atoms with Crippen LogP contribution in [0.2, 0.25) is 0 Å². The first kappa shape index (κ1) is 23.3. The van der Waals surface area contributed by atoms with E-state index in [1.807, 2.05) is 25.1 Å². The van der Waals surface area contributed by atoms with Crippen LogP contribution in [-0.2, 0) is 14.8 Å². The molecule has 1 atom stereocenters. The van der Waals surface area contributed by atoms with Crippen molar-refractivity contribution in [1.82, 2.24) is 5.16 Å². The number of ether oxygens (including phenoxy) is 1. The summed E-state index contributed by atoms with van der Waals surface area (Å²) >= 11 is 0. The highest BCUT2D eigenvalue weighted by Gasteiger charge is 2.18. The zero-order chi connectivity index (χ0) is 23.5. The van der Waals surface area contributed by atoms with Gasteiger partial charge in [0.25, 0.3) is 15.9 Å². The summed E-state index contributed by atoms with van der Waals surface area (Å²) in [7, 11) is -3.83. The van der Waals surface area contributed by atoms with Crippen LogP contribution in [0.25, 0.3) is 0 Å². The van der Waals surface area contributed by atoms with Crippen LogP contribution in [0.5, 0.6) is 5.75 Å². The molecular formula is C23H27N3O5S. The van der Waals surface area contributed by atoms with E-state index >= 15 is 0 Å². The number of amides is 1. The largest absolute Gasteiger partial charge is 0.481 e. The molecule has 2 aromatic carbocycles. The fourth-order valence-electron chi connectivity index (χ4n) is 3.20. The molecule has 0 radical (unpaired) electrons. The number of aromatic nitrogens is 1. The molecule has 8 nitrogen and oxygen atoms in total. The maximum absolute atomic E-state index is 12.5.